The van der Waals surface area contributed by atoms with Crippen LogP contribution in [0.25, 0.3) is 0 Å². The van der Waals surface area contributed by atoms with E-state index in [2.05, 4.69) is 5.32 Å². The van der Waals surface area contributed by atoms with Gasteiger partial charge in [-0.25, -0.2) is 0 Å². The van der Waals surface area contributed by atoms with Gasteiger partial charge >= 0.3 is 11.9 Å². The minimum Gasteiger partial charge on any atom is -0.461 e. The molecule has 0 bridgehead atoms. The fraction of sp³-hybridized carbons (Fsp3) is 0.571. The lowest BCUT2D eigenvalue weighted by Gasteiger charge is -2.21. The first-order valence-electron chi connectivity index (χ1n) is 9.26. The van der Waals surface area contributed by atoms with Crippen molar-refractivity contribution in [3.8, 4) is 0 Å². The van der Waals surface area contributed by atoms with E-state index in [1.54, 1.807) is 20.8 Å². The number of benzene rings is 1. The Morgan fingerprint density at radius 2 is 1.67 bits per heavy atom. The van der Waals surface area contributed by atoms with Gasteiger partial charge in [0.1, 0.15) is 18.8 Å². The summed E-state index contributed by atoms with van der Waals surface area (Å²) in [5, 5.41) is 2.57. The molecule has 0 spiro atoms. The van der Waals surface area contributed by atoms with Crippen molar-refractivity contribution in [3.63, 3.8) is 0 Å². The van der Waals surface area contributed by atoms with Crippen molar-refractivity contribution in [3.05, 3.63) is 35.9 Å². The number of amides is 1. The van der Waals surface area contributed by atoms with Crippen LogP contribution in [0.15, 0.2) is 30.3 Å². The van der Waals surface area contributed by atoms with Gasteiger partial charge in [-0.05, 0) is 38.7 Å². The molecule has 6 heteroatoms. The topological polar surface area (TPSA) is 81.7 Å². The SMILES string of the molecule is CC(C)C[C@H](CC(=O)OCc1ccccc1)C(=O)NCC(=O)OC(C)(C)C. The highest BCUT2D eigenvalue weighted by molar-refractivity contribution is 5.86. The largest absolute Gasteiger partial charge is 0.461 e. The number of hydrogen-bond acceptors (Lipinski definition) is 5. The van der Waals surface area contributed by atoms with Gasteiger partial charge in [-0.3, -0.25) is 14.4 Å². The Morgan fingerprint density at radius 1 is 1.04 bits per heavy atom. The molecule has 150 valence electrons. The minimum absolute atomic E-state index is 0.0227. The van der Waals surface area contributed by atoms with Gasteiger partial charge in [0.05, 0.1) is 6.42 Å². The molecule has 1 atom stereocenters. The maximum atomic E-state index is 12.4. The van der Waals surface area contributed by atoms with E-state index in [9.17, 15) is 14.4 Å². The summed E-state index contributed by atoms with van der Waals surface area (Å²) in [7, 11) is 0. The van der Waals surface area contributed by atoms with E-state index in [1.165, 1.54) is 0 Å². The fourth-order valence-corrected chi connectivity index (χ4v) is 2.53. The highest BCUT2D eigenvalue weighted by Gasteiger charge is 2.25. The molecule has 1 aromatic carbocycles. The van der Waals surface area contributed by atoms with Crippen LogP contribution in [0, 0.1) is 11.8 Å². The third-order valence-electron chi connectivity index (χ3n) is 3.61. The van der Waals surface area contributed by atoms with E-state index in [-0.39, 0.29) is 31.4 Å². The number of carbonyl (C=O) groups excluding carboxylic acids is 3. The molecule has 0 fully saturated rings. The Bertz CT molecular complexity index is 619. The van der Waals surface area contributed by atoms with Crippen molar-refractivity contribution in [2.24, 2.45) is 11.8 Å². The first-order valence-corrected chi connectivity index (χ1v) is 9.26. The summed E-state index contributed by atoms with van der Waals surface area (Å²) in [6.45, 7) is 9.19. The van der Waals surface area contributed by atoms with E-state index in [1.807, 2.05) is 44.2 Å². The van der Waals surface area contributed by atoms with Gasteiger partial charge in [-0.2, -0.15) is 0 Å². The second kappa shape index (κ2) is 10.7. The van der Waals surface area contributed by atoms with Gasteiger partial charge in [-0.15, -0.1) is 0 Å². The molecule has 0 aliphatic rings. The zero-order valence-corrected chi connectivity index (χ0v) is 16.9. The molecular formula is C21H31NO5. The average molecular weight is 377 g/mol. The highest BCUT2D eigenvalue weighted by atomic mass is 16.6. The van der Waals surface area contributed by atoms with E-state index in [4.69, 9.17) is 9.47 Å². The Kier molecular flexibility index (Phi) is 8.98. The number of rotatable bonds is 9. The standard InChI is InChI=1S/C21H31NO5/c1-15(2)11-17(20(25)22-13-19(24)27-21(3,4)5)12-18(23)26-14-16-9-7-6-8-10-16/h6-10,15,17H,11-14H2,1-5H3,(H,22,25)/t17-/m1/s1. The second-order valence-electron chi connectivity index (χ2n) is 7.98. The van der Waals surface area contributed by atoms with Crippen LogP contribution >= 0.6 is 0 Å². The molecular weight excluding hydrogens is 346 g/mol. The number of hydrogen-bond donors (Lipinski definition) is 1. The monoisotopic (exact) mass is 377 g/mol. The normalized spacial score (nSPS) is 12.4. The molecule has 0 unspecified atom stereocenters. The maximum Gasteiger partial charge on any atom is 0.325 e. The Labute approximate surface area is 161 Å². The number of carbonyl (C=O) groups is 3. The van der Waals surface area contributed by atoms with Crippen molar-refractivity contribution < 1.29 is 23.9 Å². The van der Waals surface area contributed by atoms with Crippen LogP contribution in [0.1, 0.15) is 53.0 Å². The lowest BCUT2D eigenvalue weighted by atomic mass is 9.93. The molecule has 1 rings (SSSR count). The lowest BCUT2D eigenvalue weighted by Crippen LogP contribution is -2.38. The van der Waals surface area contributed by atoms with Crippen LogP contribution in [-0.2, 0) is 30.5 Å². The second-order valence-corrected chi connectivity index (χ2v) is 7.98. The van der Waals surface area contributed by atoms with Crippen LogP contribution in [-0.4, -0.2) is 30.0 Å². The van der Waals surface area contributed by atoms with Crippen molar-refractivity contribution in [1.29, 1.82) is 0 Å². The number of esters is 2. The van der Waals surface area contributed by atoms with Gasteiger partial charge < -0.3 is 14.8 Å². The van der Waals surface area contributed by atoms with E-state index in [0.717, 1.165) is 5.56 Å². The predicted octanol–water partition coefficient (Wildman–Crippen LogP) is 3.24. The zero-order chi connectivity index (χ0) is 20.4. The van der Waals surface area contributed by atoms with Crippen molar-refractivity contribution in [1.82, 2.24) is 5.32 Å². The Morgan fingerprint density at radius 3 is 2.22 bits per heavy atom. The predicted molar refractivity (Wildman–Crippen MR) is 103 cm³/mol. The number of nitrogens with one attached hydrogen (secondary N) is 1. The average Bonchev–Trinajstić information content (AvgIpc) is 2.56. The summed E-state index contributed by atoms with van der Waals surface area (Å²) in [5.74, 6) is -1.60. The molecule has 6 nitrogen and oxygen atoms in total. The molecule has 0 aromatic heterocycles. The molecule has 0 radical (unpaired) electrons. The van der Waals surface area contributed by atoms with Crippen molar-refractivity contribution in [2.45, 2.75) is 59.7 Å². The third-order valence-corrected chi connectivity index (χ3v) is 3.61. The van der Waals surface area contributed by atoms with Crippen molar-refractivity contribution in [2.75, 3.05) is 6.54 Å². The van der Waals surface area contributed by atoms with E-state index >= 15 is 0 Å². The smallest absolute Gasteiger partial charge is 0.325 e. The number of ether oxygens (including phenoxy) is 2. The van der Waals surface area contributed by atoms with E-state index < -0.39 is 23.5 Å². The molecule has 1 amide bonds. The zero-order valence-electron chi connectivity index (χ0n) is 16.9. The van der Waals surface area contributed by atoms with Gasteiger partial charge in [0, 0.05) is 5.92 Å². The van der Waals surface area contributed by atoms with Gasteiger partial charge in [0.15, 0.2) is 0 Å². The summed E-state index contributed by atoms with van der Waals surface area (Å²) < 4.78 is 10.4. The first-order chi connectivity index (χ1) is 12.6. The van der Waals surface area contributed by atoms with Crippen molar-refractivity contribution >= 4 is 17.8 Å². The van der Waals surface area contributed by atoms with Crippen LogP contribution in [0.2, 0.25) is 0 Å². The molecule has 1 N–H and O–H groups in total. The van der Waals surface area contributed by atoms with Gasteiger partial charge in [0.25, 0.3) is 0 Å². The van der Waals surface area contributed by atoms with Crippen LogP contribution in [0.3, 0.4) is 0 Å². The van der Waals surface area contributed by atoms with Crippen LogP contribution in [0.5, 0.6) is 0 Å². The minimum atomic E-state index is -0.611. The van der Waals surface area contributed by atoms with E-state index in [0.29, 0.717) is 6.42 Å². The van der Waals surface area contributed by atoms with Crippen LogP contribution in [0.4, 0.5) is 0 Å². The lowest BCUT2D eigenvalue weighted by molar-refractivity contribution is -0.154. The molecule has 0 aliphatic carbocycles. The maximum absolute atomic E-state index is 12.4. The molecule has 1 aromatic rings. The van der Waals surface area contributed by atoms with Crippen LogP contribution < -0.4 is 5.32 Å². The fourth-order valence-electron chi connectivity index (χ4n) is 2.53. The van der Waals surface area contributed by atoms with Gasteiger partial charge in [-0.1, -0.05) is 44.2 Å². The molecule has 27 heavy (non-hydrogen) atoms. The molecule has 0 heterocycles. The summed E-state index contributed by atoms with van der Waals surface area (Å²) in [6.07, 6.45) is 0.506. The highest BCUT2D eigenvalue weighted by Crippen LogP contribution is 2.17. The summed E-state index contributed by atoms with van der Waals surface area (Å²) in [6, 6.07) is 9.36. The molecule has 0 saturated heterocycles. The quantitative estimate of drug-likeness (QED) is 0.668. The first kappa shape index (κ1) is 22.7. The Balaban J connectivity index is 2.54. The summed E-state index contributed by atoms with van der Waals surface area (Å²) in [4.78, 5) is 36.3. The summed E-state index contributed by atoms with van der Waals surface area (Å²) >= 11 is 0. The molecule has 0 aliphatic heterocycles. The third kappa shape index (κ3) is 10.4. The Hall–Kier alpha value is -2.37. The molecule has 0 saturated carbocycles. The summed E-state index contributed by atoms with van der Waals surface area (Å²) in [5.41, 5.74) is 0.279. The van der Waals surface area contributed by atoms with Gasteiger partial charge in [0.2, 0.25) is 5.91 Å².